The van der Waals surface area contributed by atoms with Gasteiger partial charge in [-0.2, -0.15) is 0 Å². The van der Waals surface area contributed by atoms with Crippen molar-refractivity contribution in [1.82, 2.24) is 4.90 Å². The van der Waals surface area contributed by atoms with Gasteiger partial charge in [0, 0.05) is 17.0 Å². The van der Waals surface area contributed by atoms with Gasteiger partial charge in [0.15, 0.2) is 0 Å². The number of hydrogen-bond acceptors (Lipinski definition) is 4. The van der Waals surface area contributed by atoms with E-state index in [1.165, 1.54) is 12.1 Å². The number of aliphatic carboxylic acids is 1. The highest BCUT2D eigenvalue weighted by Crippen LogP contribution is 2.34. The van der Waals surface area contributed by atoms with Gasteiger partial charge in [0.05, 0.1) is 0 Å². The van der Waals surface area contributed by atoms with Crippen molar-refractivity contribution in [2.45, 2.75) is 23.7 Å². The smallest absolute Gasteiger partial charge is 0.480 e. The van der Waals surface area contributed by atoms with E-state index in [0.29, 0.717) is 6.42 Å². The number of carbonyl (C=O) groups is 2. The topological polar surface area (TPSA) is 66.8 Å². The second-order valence-electron chi connectivity index (χ2n) is 4.55. The molecule has 22 heavy (non-hydrogen) atoms. The quantitative estimate of drug-likeness (QED) is 0.857. The van der Waals surface area contributed by atoms with Crippen LogP contribution in [0.1, 0.15) is 16.8 Å². The Morgan fingerprint density at radius 1 is 1.41 bits per heavy atom. The Kier molecular flexibility index (Phi) is 4.55. The Balaban J connectivity index is 2.26. The molecule has 2 rings (SSSR count). The highest BCUT2D eigenvalue weighted by Gasteiger charge is 2.38. The monoisotopic (exact) mass is 335 g/mol. The maximum Gasteiger partial charge on any atom is 0.573 e. The van der Waals surface area contributed by atoms with Gasteiger partial charge >= 0.3 is 12.3 Å². The van der Waals surface area contributed by atoms with Crippen molar-refractivity contribution >= 4 is 23.6 Å². The number of hydrogen-bond donors (Lipinski definition) is 1. The molecule has 0 spiro atoms. The predicted octanol–water partition coefficient (Wildman–Crippen LogP) is 2.61. The van der Waals surface area contributed by atoms with Gasteiger partial charge in [-0.3, -0.25) is 4.79 Å². The van der Waals surface area contributed by atoms with Gasteiger partial charge < -0.3 is 14.7 Å². The van der Waals surface area contributed by atoms with Crippen LogP contribution in [0, 0.1) is 0 Å². The zero-order chi connectivity index (χ0) is 16.5. The van der Waals surface area contributed by atoms with E-state index in [2.05, 4.69) is 4.74 Å². The van der Waals surface area contributed by atoms with E-state index in [9.17, 15) is 22.8 Å². The number of ether oxygens (including phenoxy) is 1. The summed E-state index contributed by atoms with van der Waals surface area (Å²) >= 11 is 1.05. The maximum atomic E-state index is 12.4. The van der Waals surface area contributed by atoms with Crippen LogP contribution >= 0.6 is 11.8 Å². The van der Waals surface area contributed by atoms with E-state index < -0.39 is 30.0 Å². The van der Waals surface area contributed by atoms with E-state index in [1.807, 2.05) is 0 Å². The van der Waals surface area contributed by atoms with E-state index in [1.54, 1.807) is 6.26 Å². The zero-order valence-corrected chi connectivity index (χ0v) is 12.2. The number of carboxylic acids is 1. The third kappa shape index (κ3) is 3.46. The first-order valence-electron chi connectivity index (χ1n) is 6.20. The number of carbonyl (C=O) groups excluding carboxylic acids is 1. The Hall–Kier alpha value is -1.90. The minimum Gasteiger partial charge on any atom is -0.480 e. The largest absolute Gasteiger partial charge is 0.573 e. The number of rotatable bonds is 4. The molecule has 9 heteroatoms. The lowest BCUT2D eigenvalue weighted by atomic mass is 10.0. The van der Waals surface area contributed by atoms with Crippen LogP contribution in [-0.4, -0.2) is 47.1 Å². The number of amides is 1. The van der Waals surface area contributed by atoms with Crippen molar-refractivity contribution in [2.24, 2.45) is 0 Å². The molecule has 0 aliphatic carbocycles. The van der Waals surface area contributed by atoms with E-state index in [-0.39, 0.29) is 17.0 Å². The molecule has 1 atom stereocenters. The summed E-state index contributed by atoms with van der Waals surface area (Å²) in [6.45, 7) is 0.259. The van der Waals surface area contributed by atoms with Gasteiger partial charge in [0.2, 0.25) is 0 Å². The zero-order valence-electron chi connectivity index (χ0n) is 11.4. The summed E-state index contributed by atoms with van der Waals surface area (Å²) in [5.41, 5.74) is -0.0389. The first-order chi connectivity index (χ1) is 10.2. The lowest BCUT2D eigenvalue weighted by molar-refractivity contribution is -0.275. The van der Waals surface area contributed by atoms with Crippen LogP contribution in [0.5, 0.6) is 5.75 Å². The standard InChI is InChI=1S/C13H12F3NO4S/c1-22-10-3-2-7(6-9(10)21-13(14,15)16)11(18)17-5-4-8(17)12(19)20/h2-3,6,8H,4-5H2,1H3,(H,19,20)/t8-/m1/s1. The molecule has 1 amide bonds. The Labute approximate surface area is 128 Å². The van der Waals surface area contributed by atoms with Gasteiger partial charge in [0.25, 0.3) is 5.91 Å². The van der Waals surface area contributed by atoms with Crippen molar-refractivity contribution in [2.75, 3.05) is 12.8 Å². The summed E-state index contributed by atoms with van der Waals surface area (Å²) in [6.07, 6.45) is -2.96. The fourth-order valence-electron chi connectivity index (χ4n) is 2.07. The van der Waals surface area contributed by atoms with Crippen molar-refractivity contribution in [3.63, 3.8) is 0 Å². The van der Waals surface area contributed by atoms with Gasteiger partial charge in [-0.1, -0.05) is 0 Å². The predicted molar refractivity (Wildman–Crippen MR) is 72.0 cm³/mol. The summed E-state index contributed by atoms with van der Waals surface area (Å²) < 4.78 is 41.1. The fourth-order valence-corrected chi connectivity index (χ4v) is 2.57. The van der Waals surface area contributed by atoms with Gasteiger partial charge in [0.1, 0.15) is 11.8 Å². The molecule has 1 N–H and O–H groups in total. The maximum absolute atomic E-state index is 12.4. The molecule has 0 bridgehead atoms. The molecule has 1 aromatic rings. The molecule has 1 aliphatic heterocycles. The van der Waals surface area contributed by atoms with Crippen molar-refractivity contribution < 1.29 is 32.6 Å². The van der Waals surface area contributed by atoms with Crippen LogP contribution < -0.4 is 4.74 Å². The highest BCUT2D eigenvalue weighted by molar-refractivity contribution is 7.98. The van der Waals surface area contributed by atoms with Crippen LogP contribution in [-0.2, 0) is 4.79 Å². The first kappa shape index (κ1) is 16.5. The molecular formula is C13H12F3NO4S. The molecule has 0 saturated carbocycles. The fraction of sp³-hybridized carbons (Fsp3) is 0.385. The average Bonchev–Trinajstić information content (AvgIpc) is 2.34. The molecule has 5 nitrogen and oxygen atoms in total. The Bertz CT molecular complexity index is 605. The number of halogens is 3. The number of nitrogens with zero attached hydrogens (tertiary/aromatic N) is 1. The van der Waals surface area contributed by atoms with Crippen LogP contribution in [0.3, 0.4) is 0 Å². The average molecular weight is 335 g/mol. The summed E-state index contributed by atoms with van der Waals surface area (Å²) in [4.78, 5) is 24.4. The molecule has 1 saturated heterocycles. The highest BCUT2D eigenvalue weighted by atomic mass is 32.2. The van der Waals surface area contributed by atoms with Crippen LogP contribution in [0.4, 0.5) is 13.2 Å². The molecule has 1 fully saturated rings. The van der Waals surface area contributed by atoms with Gasteiger partial charge in [-0.15, -0.1) is 24.9 Å². The third-order valence-corrected chi connectivity index (χ3v) is 3.98. The first-order valence-corrected chi connectivity index (χ1v) is 7.43. The Morgan fingerprint density at radius 2 is 2.09 bits per heavy atom. The van der Waals surface area contributed by atoms with E-state index in [4.69, 9.17) is 5.11 Å². The minimum atomic E-state index is -4.87. The third-order valence-electron chi connectivity index (χ3n) is 3.20. The number of alkyl halides is 3. The second kappa shape index (κ2) is 6.07. The number of likely N-dealkylation sites (tertiary alicyclic amines) is 1. The number of thioether (sulfide) groups is 1. The van der Waals surface area contributed by atoms with Crippen LogP contribution in [0.25, 0.3) is 0 Å². The number of benzene rings is 1. The lowest BCUT2D eigenvalue weighted by Crippen LogP contribution is -2.55. The van der Waals surface area contributed by atoms with Crippen molar-refractivity contribution in [1.29, 1.82) is 0 Å². The SMILES string of the molecule is CSc1ccc(C(=O)N2CC[C@@H]2C(=O)O)cc1OC(F)(F)F. The summed E-state index contributed by atoms with van der Waals surface area (Å²) in [6, 6.07) is 2.75. The van der Waals surface area contributed by atoms with E-state index >= 15 is 0 Å². The van der Waals surface area contributed by atoms with Gasteiger partial charge in [-0.05, 0) is 30.9 Å². The van der Waals surface area contributed by atoms with Crippen LogP contribution in [0.2, 0.25) is 0 Å². The Morgan fingerprint density at radius 3 is 2.55 bits per heavy atom. The van der Waals surface area contributed by atoms with Crippen molar-refractivity contribution in [3.05, 3.63) is 23.8 Å². The molecule has 1 heterocycles. The normalized spacial score (nSPS) is 17.8. The lowest BCUT2D eigenvalue weighted by Gasteiger charge is -2.38. The molecule has 0 aromatic heterocycles. The summed E-state index contributed by atoms with van der Waals surface area (Å²) in [7, 11) is 0. The van der Waals surface area contributed by atoms with Crippen molar-refractivity contribution in [3.8, 4) is 5.75 Å². The second-order valence-corrected chi connectivity index (χ2v) is 5.40. The minimum absolute atomic E-state index is 0.0389. The number of carboxylic acid groups (broad SMARTS) is 1. The van der Waals surface area contributed by atoms with Crippen LogP contribution in [0.15, 0.2) is 23.1 Å². The molecular weight excluding hydrogens is 323 g/mol. The summed E-state index contributed by atoms with van der Waals surface area (Å²) in [5.74, 6) is -2.23. The molecule has 0 radical (unpaired) electrons. The van der Waals surface area contributed by atoms with Gasteiger partial charge in [-0.25, -0.2) is 4.79 Å². The molecule has 1 aliphatic rings. The molecule has 120 valence electrons. The molecule has 0 unspecified atom stereocenters. The molecule has 1 aromatic carbocycles. The van der Waals surface area contributed by atoms with E-state index in [0.717, 1.165) is 22.7 Å². The summed E-state index contributed by atoms with van der Waals surface area (Å²) in [5, 5.41) is 8.92.